The van der Waals surface area contributed by atoms with E-state index in [-0.39, 0.29) is 50.6 Å². The molecule has 0 bridgehead atoms. The van der Waals surface area contributed by atoms with Gasteiger partial charge >= 0.3 is 29.6 Å². The predicted octanol–water partition coefficient (Wildman–Crippen LogP) is -5.19. The summed E-state index contributed by atoms with van der Waals surface area (Å²) in [5, 5.41) is 9.38. The molecular formula is C13H15ClN5NaO10S3. The number of amides is 3. The second-order valence-corrected chi connectivity index (χ2v) is 9.96. The smallest absolute Gasteiger partial charge is 0.731 e. The molecule has 1 fully saturated rings. The Balaban J connectivity index is 0.00000544. The van der Waals surface area contributed by atoms with Crippen LogP contribution >= 0.6 is 22.9 Å². The van der Waals surface area contributed by atoms with Gasteiger partial charge in [-0.05, 0) is 0 Å². The predicted molar refractivity (Wildman–Crippen MR) is 108 cm³/mol. The van der Waals surface area contributed by atoms with Crippen LogP contribution in [0.2, 0.25) is 0 Å². The first-order valence-corrected chi connectivity index (χ1v) is 12.7. The molecule has 0 spiro atoms. The van der Waals surface area contributed by atoms with Crippen LogP contribution in [0.25, 0.3) is 0 Å². The first-order valence-electron chi connectivity index (χ1n) is 8.15. The number of anilines is 1. The molecule has 2 rings (SSSR count). The van der Waals surface area contributed by atoms with Gasteiger partial charge in [-0.2, -0.15) is 8.42 Å². The van der Waals surface area contributed by atoms with Crippen molar-refractivity contribution in [2.45, 2.75) is 12.1 Å². The second kappa shape index (κ2) is 11.8. The van der Waals surface area contributed by atoms with Crippen molar-refractivity contribution in [3.63, 3.8) is 0 Å². The van der Waals surface area contributed by atoms with Crippen LogP contribution in [0.15, 0.2) is 10.5 Å². The maximum Gasteiger partial charge on any atom is 1.00 e. The molecular weight excluding hydrogens is 541 g/mol. The summed E-state index contributed by atoms with van der Waals surface area (Å²) in [5.41, 5.74) is -0.544. The Morgan fingerprint density at radius 3 is 2.52 bits per heavy atom. The number of aromatic nitrogens is 1. The number of hydrogen-bond donors (Lipinski definition) is 2. The quantitative estimate of drug-likeness (QED) is 0.0529. The number of thiazole rings is 1. The SMILES string of the molecule is CON=C(C(=O)N[C@H]1C(=O)N(S(=O)(=O)[O-])[C@H]1COS(C)(=O)=O)c1csc(NC(=O)CCl)n1.[Na+]. The average Bonchev–Trinajstić information content (AvgIpc) is 3.12. The minimum atomic E-state index is -5.30. The zero-order valence-electron chi connectivity index (χ0n) is 17.2. The number of nitrogens with zero attached hydrogens (tertiary/aromatic N) is 3. The molecule has 2 N–H and O–H groups in total. The van der Waals surface area contributed by atoms with Gasteiger partial charge in [0.05, 0.1) is 12.9 Å². The Bertz CT molecular complexity index is 1160. The number of hydrogen-bond acceptors (Lipinski definition) is 13. The number of carbonyl (C=O) groups is 3. The van der Waals surface area contributed by atoms with Crippen LogP contribution in [0.4, 0.5) is 5.13 Å². The summed E-state index contributed by atoms with van der Waals surface area (Å²) >= 11 is 6.30. The molecule has 0 aromatic carbocycles. The third kappa shape index (κ3) is 7.82. The maximum absolute atomic E-state index is 12.6. The van der Waals surface area contributed by atoms with Gasteiger partial charge in [0.25, 0.3) is 21.9 Å². The van der Waals surface area contributed by atoms with Gasteiger partial charge in [0.2, 0.25) is 5.91 Å². The molecule has 0 saturated carbocycles. The van der Waals surface area contributed by atoms with Crippen LogP contribution in [-0.2, 0) is 43.8 Å². The monoisotopic (exact) mass is 555 g/mol. The Hall–Kier alpha value is -1.38. The maximum atomic E-state index is 12.6. The zero-order chi connectivity index (χ0) is 24.3. The molecule has 1 aromatic heterocycles. The van der Waals surface area contributed by atoms with E-state index >= 15 is 0 Å². The van der Waals surface area contributed by atoms with Crippen LogP contribution in [0, 0.1) is 0 Å². The summed E-state index contributed by atoms with van der Waals surface area (Å²) in [4.78, 5) is 44.7. The van der Waals surface area contributed by atoms with Gasteiger partial charge in [0.15, 0.2) is 21.1 Å². The van der Waals surface area contributed by atoms with Gasteiger partial charge in [-0.25, -0.2) is 17.7 Å². The first-order chi connectivity index (χ1) is 14.8. The minimum absolute atomic E-state index is 0. The molecule has 3 amide bonds. The van der Waals surface area contributed by atoms with Crippen molar-refractivity contribution < 1.29 is 74.3 Å². The average molecular weight is 556 g/mol. The second-order valence-electron chi connectivity index (χ2n) is 5.94. The van der Waals surface area contributed by atoms with E-state index in [1.165, 1.54) is 5.38 Å². The fourth-order valence-electron chi connectivity index (χ4n) is 2.41. The van der Waals surface area contributed by atoms with E-state index in [0.29, 0.717) is 6.26 Å². The number of nitrogens with one attached hydrogen (secondary N) is 2. The Morgan fingerprint density at radius 2 is 2.00 bits per heavy atom. The first kappa shape index (κ1) is 29.7. The van der Waals surface area contributed by atoms with Crippen LogP contribution in [0.3, 0.4) is 0 Å². The molecule has 1 saturated heterocycles. The van der Waals surface area contributed by atoms with Gasteiger partial charge < -0.3 is 20.0 Å². The van der Waals surface area contributed by atoms with Crippen molar-refractivity contribution in [2.75, 3.05) is 31.2 Å². The van der Waals surface area contributed by atoms with Crippen LogP contribution in [0.1, 0.15) is 5.69 Å². The Morgan fingerprint density at radius 1 is 1.36 bits per heavy atom. The van der Waals surface area contributed by atoms with Crippen molar-refractivity contribution in [2.24, 2.45) is 5.16 Å². The Kier molecular flexibility index (Phi) is 10.6. The normalized spacial score (nSPS) is 18.7. The van der Waals surface area contributed by atoms with E-state index in [9.17, 15) is 35.8 Å². The summed E-state index contributed by atoms with van der Waals surface area (Å²) in [6.07, 6.45) is 0.670. The number of halogens is 1. The van der Waals surface area contributed by atoms with Crippen LogP contribution in [-0.4, -0.2) is 92.0 Å². The summed E-state index contributed by atoms with van der Waals surface area (Å²) in [6.45, 7) is -0.904. The van der Waals surface area contributed by atoms with Crippen molar-refractivity contribution >= 4 is 71.9 Å². The third-order valence-corrected chi connectivity index (χ3v) is 6.16. The molecule has 2 heterocycles. The number of carbonyl (C=O) groups excluding carboxylic acids is 3. The molecule has 2 atom stereocenters. The van der Waals surface area contributed by atoms with E-state index in [1.54, 1.807) is 0 Å². The minimum Gasteiger partial charge on any atom is -0.731 e. The Labute approximate surface area is 219 Å². The molecule has 178 valence electrons. The van der Waals surface area contributed by atoms with Crippen molar-refractivity contribution in [1.82, 2.24) is 14.6 Å². The number of rotatable bonds is 10. The van der Waals surface area contributed by atoms with E-state index in [1.807, 2.05) is 0 Å². The molecule has 1 aromatic rings. The van der Waals surface area contributed by atoms with E-state index in [0.717, 1.165) is 18.4 Å². The van der Waals surface area contributed by atoms with E-state index in [2.05, 4.69) is 29.8 Å². The summed E-state index contributed by atoms with van der Waals surface area (Å²) < 4.78 is 60.6. The molecule has 33 heavy (non-hydrogen) atoms. The van der Waals surface area contributed by atoms with Crippen LogP contribution in [0.5, 0.6) is 0 Å². The van der Waals surface area contributed by atoms with Crippen LogP contribution < -0.4 is 40.2 Å². The van der Waals surface area contributed by atoms with Gasteiger partial charge in [0, 0.05) is 5.38 Å². The molecule has 20 heteroatoms. The summed E-state index contributed by atoms with van der Waals surface area (Å²) in [7, 11) is -8.25. The third-order valence-electron chi connectivity index (χ3n) is 3.66. The summed E-state index contributed by atoms with van der Waals surface area (Å²) in [5.74, 6) is -3.28. The fourth-order valence-corrected chi connectivity index (χ4v) is 4.42. The molecule has 15 nitrogen and oxygen atoms in total. The van der Waals surface area contributed by atoms with Gasteiger partial charge in [-0.3, -0.25) is 18.6 Å². The van der Waals surface area contributed by atoms with Crippen molar-refractivity contribution in [3.8, 4) is 0 Å². The standard InChI is InChI=1S/C13H16ClN5O10S3.Na/c1-28-18-9(6-5-30-13(15-6)16-8(20)3-14)11(21)17-10-7(4-29-31(2,23)24)19(12(10)22)32(25,26)27;/h5,7,10H,3-4H2,1-2H3,(H,17,21)(H,15,16,20)(H,25,26,27);/q;+1/p-1/t7-,10+;/m0./s1. The van der Waals surface area contributed by atoms with E-state index < -0.39 is 62.5 Å². The van der Waals surface area contributed by atoms with Gasteiger partial charge in [-0.1, -0.05) is 5.16 Å². The zero-order valence-corrected chi connectivity index (χ0v) is 22.4. The van der Waals surface area contributed by atoms with Gasteiger partial charge in [0.1, 0.15) is 30.8 Å². The van der Waals surface area contributed by atoms with Gasteiger partial charge in [-0.15, -0.1) is 22.9 Å². The topological polar surface area (TPSA) is 214 Å². The number of β-lactam (4-membered cyclic amide) rings is 1. The van der Waals surface area contributed by atoms with Crippen molar-refractivity contribution in [3.05, 3.63) is 11.1 Å². The van der Waals surface area contributed by atoms with Crippen molar-refractivity contribution in [1.29, 1.82) is 0 Å². The van der Waals surface area contributed by atoms with E-state index in [4.69, 9.17) is 11.6 Å². The number of oxime groups is 1. The molecule has 0 aliphatic carbocycles. The summed E-state index contributed by atoms with van der Waals surface area (Å²) in [6, 6.07) is -3.24. The molecule has 0 radical (unpaired) electrons. The largest absolute Gasteiger partial charge is 1.00 e. The number of alkyl halides is 1. The molecule has 1 aliphatic heterocycles. The fraction of sp³-hybridized carbons (Fsp3) is 0.462. The molecule has 0 unspecified atom stereocenters. The molecule has 1 aliphatic rings.